The lowest BCUT2D eigenvalue weighted by Crippen LogP contribution is -2.82. The van der Waals surface area contributed by atoms with E-state index in [1.54, 1.807) is 6.07 Å². The van der Waals surface area contributed by atoms with Gasteiger partial charge in [0.05, 0.1) is 5.60 Å². The second-order valence-corrected chi connectivity index (χ2v) is 13.6. The smallest absolute Gasteiger partial charge is 0.165 e. The van der Waals surface area contributed by atoms with Gasteiger partial charge in [0, 0.05) is 34.9 Å². The molecule has 3 N–H and O–H groups in total. The van der Waals surface area contributed by atoms with Crippen molar-refractivity contribution in [2.75, 3.05) is 13.1 Å². The Morgan fingerprint density at radius 2 is 1.88 bits per heavy atom. The third-order valence-electron chi connectivity index (χ3n) is 11.5. The Labute approximate surface area is 197 Å². The fourth-order valence-electron chi connectivity index (χ4n) is 9.26. The average Bonchev–Trinajstić information content (AvgIpc) is 3.48. The predicted octanol–water partition coefficient (Wildman–Crippen LogP) is 3.76. The van der Waals surface area contributed by atoms with Crippen LogP contribution in [0.1, 0.15) is 77.3 Å². The molecule has 4 bridgehead atoms. The van der Waals surface area contributed by atoms with E-state index in [-0.39, 0.29) is 27.9 Å². The number of aliphatic hydroxyl groups is 2. The van der Waals surface area contributed by atoms with Crippen LogP contribution in [0.2, 0.25) is 0 Å². The molecule has 1 saturated heterocycles. The summed E-state index contributed by atoms with van der Waals surface area (Å²) in [5.41, 5.74) is -0.323. The molecule has 3 unspecified atom stereocenters. The summed E-state index contributed by atoms with van der Waals surface area (Å²) in [7, 11) is 0. The highest BCUT2D eigenvalue weighted by Gasteiger charge is 2.81. The topological polar surface area (TPSA) is 73.2 Å². The van der Waals surface area contributed by atoms with E-state index < -0.39 is 17.3 Å². The van der Waals surface area contributed by atoms with Crippen LogP contribution < -0.4 is 4.74 Å². The summed E-state index contributed by atoms with van der Waals surface area (Å²) >= 11 is 0. The molecule has 1 aromatic rings. The summed E-state index contributed by atoms with van der Waals surface area (Å²) < 4.78 is 6.68. The molecule has 180 valence electrons. The maximum atomic E-state index is 12.5. The number of likely N-dealkylation sites (tertiary alicyclic amines) is 1. The Kier molecular flexibility index (Phi) is 3.76. The fraction of sp³-hybridized carbons (Fsp3) is 0.786. The SMILES string of the molecule is CC(C)(C)[C@@](C)(O)C1C[C@]23CCC1(O)C1Oc4c(O)ccc5c4[C@@]12CCN(CC1CC1)[C@@H]3C5. The molecule has 1 aromatic carbocycles. The van der Waals surface area contributed by atoms with Crippen LogP contribution in [0.25, 0.3) is 0 Å². The third kappa shape index (κ3) is 2.22. The number of hydrogen-bond donors (Lipinski definition) is 3. The molecule has 8 rings (SSSR count). The molecule has 5 nitrogen and oxygen atoms in total. The molecule has 5 fully saturated rings. The van der Waals surface area contributed by atoms with Crippen LogP contribution in [-0.4, -0.2) is 56.7 Å². The van der Waals surface area contributed by atoms with E-state index in [2.05, 4.69) is 31.7 Å². The van der Waals surface area contributed by atoms with E-state index >= 15 is 0 Å². The zero-order chi connectivity index (χ0) is 23.2. The Morgan fingerprint density at radius 3 is 2.58 bits per heavy atom. The molecule has 7 aliphatic rings. The van der Waals surface area contributed by atoms with Crippen molar-refractivity contribution in [3.63, 3.8) is 0 Å². The first kappa shape index (κ1) is 21.0. The number of piperidine rings is 1. The largest absolute Gasteiger partial charge is 0.504 e. The molecule has 5 heteroatoms. The van der Waals surface area contributed by atoms with E-state index in [1.165, 1.54) is 30.5 Å². The number of hydrogen-bond acceptors (Lipinski definition) is 5. The van der Waals surface area contributed by atoms with Crippen LogP contribution in [0.15, 0.2) is 12.1 Å². The number of ether oxygens (including phenoxy) is 1. The van der Waals surface area contributed by atoms with Crippen molar-refractivity contribution < 1.29 is 20.1 Å². The molecule has 2 aliphatic heterocycles. The van der Waals surface area contributed by atoms with Crippen LogP contribution >= 0.6 is 0 Å². The Bertz CT molecular complexity index is 1040. The van der Waals surface area contributed by atoms with Gasteiger partial charge in [0.25, 0.3) is 0 Å². The van der Waals surface area contributed by atoms with Crippen LogP contribution in [0.3, 0.4) is 0 Å². The van der Waals surface area contributed by atoms with Crippen LogP contribution in [0.4, 0.5) is 0 Å². The highest BCUT2D eigenvalue weighted by Crippen LogP contribution is 2.77. The number of aromatic hydroxyl groups is 1. The van der Waals surface area contributed by atoms with Gasteiger partial charge >= 0.3 is 0 Å². The van der Waals surface area contributed by atoms with Crippen molar-refractivity contribution in [1.29, 1.82) is 0 Å². The van der Waals surface area contributed by atoms with Gasteiger partial charge in [-0.1, -0.05) is 26.8 Å². The van der Waals surface area contributed by atoms with Gasteiger partial charge in [-0.3, -0.25) is 4.90 Å². The van der Waals surface area contributed by atoms with E-state index in [1.807, 2.05) is 6.92 Å². The van der Waals surface area contributed by atoms with E-state index in [9.17, 15) is 15.3 Å². The molecule has 0 aromatic heterocycles. The second kappa shape index (κ2) is 5.91. The minimum absolute atomic E-state index is 0.0404. The highest BCUT2D eigenvalue weighted by molar-refractivity contribution is 5.63. The number of nitrogens with zero attached hydrogens (tertiary/aromatic N) is 1. The van der Waals surface area contributed by atoms with Crippen molar-refractivity contribution in [2.45, 2.75) is 101 Å². The van der Waals surface area contributed by atoms with Gasteiger partial charge < -0.3 is 20.1 Å². The summed E-state index contributed by atoms with van der Waals surface area (Å²) in [5, 5.41) is 35.3. The second-order valence-electron chi connectivity index (χ2n) is 13.6. The van der Waals surface area contributed by atoms with Crippen molar-refractivity contribution in [1.82, 2.24) is 4.90 Å². The molecule has 4 saturated carbocycles. The summed E-state index contributed by atoms with van der Waals surface area (Å²) in [5.74, 6) is 1.39. The van der Waals surface area contributed by atoms with Crippen LogP contribution in [0.5, 0.6) is 11.5 Å². The fourth-order valence-corrected chi connectivity index (χ4v) is 9.26. The van der Waals surface area contributed by atoms with Gasteiger partial charge in [-0.05, 0) is 81.4 Å². The minimum Gasteiger partial charge on any atom is -0.504 e. The molecule has 7 atom stereocenters. The third-order valence-corrected chi connectivity index (χ3v) is 11.5. The lowest BCUT2D eigenvalue weighted by Gasteiger charge is -2.75. The number of fused-ring (bicyclic) bond motifs is 2. The molecule has 2 heterocycles. The lowest BCUT2D eigenvalue weighted by molar-refractivity contribution is -0.305. The van der Waals surface area contributed by atoms with Gasteiger partial charge in [0.15, 0.2) is 11.5 Å². The first-order chi connectivity index (χ1) is 15.5. The number of benzene rings is 1. The van der Waals surface area contributed by atoms with E-state index in [4.69, 9.17) is 4.74 Å². The normalized spacial score (nSPS) is 44.8. The van der Waals surface area contributed by atoms with E-state index in [0.29, 0.717) is 18.2 Å². The minimum atomic E-state index is -1.11. The van der Waals surface area contributed by atoms with Crippen molar-refractivity contribution in [3.8, 4) is 11.5 Å². The van der Waals surface area contributed by atoms with Crippen LogP contribution in [0, 0.1) is 22.7 Å². The molecule has 5 aliphatic carbocycles. The summed E-state index contributed by atoms with van der Waals surface area (Å²) in [4.78, 5) is 2.77. The molecule has 33 heavy (non-hydrogen) atoms. The number of phenolic OH excluding ortho intramolecular Hbond substituents is 1. The molecular formula is C28H39NO4. The maximum Gasteiger partial charge on any atom is 0.165 e. The van der Waals surface area contributed by atoms with E-state index in [0.717, 1.165) is 38.1 Å². The average molecular weight is 454 g/mol. The molecule has 0 radical (unpaired) electrons. The summed E-state index contributed by atoms with van der Waals surface area (Å²) in [6.45, 7) is 10.4. The Morgan fingerprint density at radius 1 is 1.12 bits per heavy atom. The van der Waals surface area contributed by atoms with Gasteiger partial charge in [-0.25, -0.2) is 0 Å². The van der Waals surface area contributed by atoms with Gasteiger partial charge in [0.2, 0.25) is 0 Å². The predicted molar refractivity (Wildman–Crippen MR) is 125 cm³/mol. The number of phenols is 1. The van der Waals surface area contributed by atoms with Crippen LogP contribution in [-0.2, 0) is 11.8 Å². The summed E-state index contributed by atoms with van der Waals surface area (Å²) in [6, 6.07) is 4.30. The maximum absolute atomic E-state index is 12.5. The van der Waals surface area contributed by atoms with Crippen molar-refractivity contribution >= 4 is 0 Å². The quantitative estimate of drug-likeness (QED) is 0.650. The highest BCUT2D eigenvalue weighted by atomic mass is 16.5. The lowest BCUT2D eigenvalue weighted by atomic mass is 9.33. The zero-order valence-electron chi connectivity index (χ0n) is 20.5. The Hall–Kier alpha value is -1.30. The van der Waals surface area contributed by atoms with Gasteiger partial charge in [-0.15, -0.1) is 0 Å². The first-order valence-electron chi connectivity index (χ1n) is 13.2. The Balaban J connectivity index is 1.46. The van der Waals surface area contributed by atoms with Crippen molar-refractivity contribution in [3.05, 3.63) is 23.3 Å². The van der Waals surface area contributed by atoms with Crippen molar-refractivity contribution in [2.24, 2.45) is 22.7 Å². The standard InChI is InChI=1S/C28H39NO4/c1-24(2,3)25(4,31)19-14-26-9-10-28(19,32)23-27(26)11-12-29(15-16-5-6-16)20(26)13-17-7-8-18(30)22(33-23)21(17)27/h7-8,16,19-20,23,30-32H,5-6,9-15H2,1-4H3/t19?,20-,23?,25+,26+,27+,28?/m1/s1. The zero-order valence-corrected chi connectivity index (χ0v) is 20.5. The molecule has 2 spiro atoms. The van der Waals surface area contributed by atoms with Gasteiger partial charge in [0.1, 0.15) is 11.7 Å². The molecule has 0 amide bonds. The number of rotatable bonds is 3. The first-order valence-corrected chi connectivity index (χ1v) is 13.2. The summed E-state index contributed by atoms with van der Waals surface area (Å²) in [6.07, 6.45) is 6.71. The monoisotopic (exact) mass is 453 g/mol. The van der Waals surface area contributed by atoms with Gasteiger partial charge in [-0.2, -0.15) is 0 Å². The molecular weight excluding hydrogens is 414 g/mol.